The maximum absolute atomic E-state index is 13.6. The SMILES string of the molecule is C[C@@H]([NH2+][C@H](C)c1cc(F)c(Cl)cc1Cl)C(=O)Nc1ccccc1F. The zero-order chi connectivity index (χ0) is 17.9. The highest BCUT2D eigenvalue weighted by Crippen LogP contribution is 2.27. The Morgan fingerprint density at radius 1 is 1.08 bits per heavy atom. The van der Waals surface area contributed by atoms with Crippen LogP contribution < -0.4 is 10.6 Å². The molecule has 0 fully saturated rings. The van der Waals surface area contributed by atoms with Crippen molar-refractivity contribution in [2.45, 2.75) is 25.9 Å². The van der Waals surface area contributed by atoms with Crippen molar-refractivity contribution in [2.24, 2.45) is 0 Å². The summed E-state index contributed by atoms with van der Waals surface area (Å²) in [5.41, 5.74) is 0.648. The third-order valence-corrected chi connectivity index (χ3v) is 4.27. The minimum absolute atomic E-state index is 0.0544. The van der Waals surface area contributed by atoms with E-state index in [2.05, 4.69) is 5.32 Å². The first-order valence-corrected chi connectivity index (χ1v) is 8.10. The summed E-state index contributed by atoms with van der Waals surface area (Å²) in [6.07, 6.45) is 0. The Labute approximate surface area is 149 Å². The second-order valence-electron chi connectivity index (χ2n) is 5.53. The number of nitrogens with one attached hydrogen (secondary N) is 1. The summed E-state index contributed by atoms with van der Waals surface area (Å²) in [5.74, 6) is -1.44. The fourth-order valence-corrected chi connectivity index (χ4v) is 2.88. The van der Waals surface area contributed by atoms with E-state index in [9.17, 15) is 13.6 Å². The van der Waals surface area contributed by atoms with E-state index in [0.717, 1.165) is 0 Å². The number of quaternary nitrogens is 1. The molecule has 2 aromatic rings. The molecule has 0 aliphatic heterocycles. The number of para-hydroxylation sites is 1. The Kier molecular flexibility index (Phi) is 6.15. The molecule has 128 valence electrons. The zero-order valence-corrected chi connectivity index (χ0v) is 14.6. The summed E-state index contributed by atoms with van der Waals surface area (Å²) < 4.78 is 27.2. The van der Waals surface area contributed by atoms with Gasteiger partial charge in [-0.25, -0.2) is 8.78 Å². The van der Waals surface area contributed by atoms with E-state index in [1.165, 1.54) is 24.3 Å². The first-order chi connectivity index (χ1) is 11.3. The number of carbonyl (C=O) groups is 1. The molecule has 0 radical (unpaired) electrons. The van der Waals surface area contributed by atoms with Crippen molar-refractivity contribution in [3.05, 3.63) is 63.6 Å². The minimum atomic E-state index is -0.570. The smallest absolute Gasteiger partial charge is 0.282 e. The van der Waals surface area contributed by atoms with Crippen molar-refractivity contribution >= 4 is 34.8 Å². The van der Waals surface area contributed by atoms with Gasteiger partial charge in [0.05, 0.1) is 15.7 Å². The standard InChI is InChI=1S/C17H16Cl2F2N2O/c1-9(11-7-15(21)13(19)8-12(11)18)22-10(2)17(24)23-16-6-4-3-5-14(16)20/h3-10,22H,1-2H3,(H,23,24)/p+1/t9-,10-/m1/s1. The summed E-state index contributed by atoms with van der Waals surface area (Å²) in [6.45, 7) is 3.47. The van der Waals surface area contributed by atoms with Gasteiger partial charge in [-0.1, -0.05) is 35.3 Å². The van der Waals surface area contributed by atoms with Crippen LogP contribution in [0.3, 0.4) is 0 Å². The van der Waals surface area contributed by atoms with Crippen molar-refractivity contribution < 1.29 is 18.9 Å². The molecular formula is C17H17Cl2F2N2O+. The Balaban J connectivity index is 2.06. The van der Waals surface area contributed by atoms with E-state index in [1.54, 1.807) is 31.3 Å². The van der Waals surface area contributed by atoms with Gasteiger partial charge in [-0.3, -0.25) is 4.79 Å². The van der Waals surface area contributed by atoms with Crippen molar-refractivity contribution in [3.8, 4) is 0 Å². The number of rotatable bonds is 5. The van der Waals surface area contributed by atoms with Crippen LogP contribution >= 0.6 is 23.2 Å². The molecule has 2 rings (SSSR count). The molecule has 0 heterocycles. The molecule has 3 N–H and O–H groups in total. The number of hydrogen-bond donors (Lipinski definition) is 2. The Hall–Kier alpha value is -1.69. The molecule has 0 unspecified atom stereocenters. The number of amides is 1. The van der Waals surface area contributed by atoms with Gasteiger partial charge >= 0.3 is 0 Å². The largest absolute Gasteiger partial charge is 0.330 e. The van der Waals surface area contributed by atoms with Gasteiger partial charge in [-0.2, -0.15) is 0 Å². The molecule has 7 heteroatoms. The lowest BCUT2D eigenvalue weighted by Gasteiger charge is -2.18. The minimum Gasteiger partial charge on any atom is -0.330 e. The number of halogens is 4. The molecule has 0 aromatic heterocycles. The maximum Gasteiger partial charge on any atom is 0.282 e. The van der Waals surface area contributed by atoms with Gasteiger partial charge in [0.15, 0.2) is 6.04 Å². The Morgan fingerprint density at radius 2 is 1.75 bits per heavy atom. The van der Waals surface area contributed by atoms with E-state index in [1.807, 2.05) is 0 Å². The third-order valence-electron chi connectivity index (χ3n) is 3.65. The van der Waals surface area contributed by atoms with Gasteiger partial charge in [0.1, 0.15) is 17.7 Å². The first-order valence-electron chi connectivity index (χ1n) is 7.34. The molecule has 0 spiro atoms. The summed E-state index contributed by atoms with van der Waals surface area (Å²) >= 11 is 11.8. The molecule has 0 bridgehead atoms. The van der Waals surface area contributed by atoms with E-state index in [0.29, 0.717) is 10.6 Å². The second kappa shape index (κ2) is 7.92. The molecule has 2 atom stereocenters. The van der Waals surface area contributed by atoms with Gasteiger partial charge in [0.2, 0.25) is 0 Å². The molecule has 0 saturated carbocycles. The summed E-state index contributed by atoms with van der Waals surface area (Å²) in [7, 11) is 0. The molecule has 1 amide bonds. The molecule has 0 aliphatic rings. The van der Waals surface area contributed by atoms with Crippen LogP contribution in [0.5, 0.6) is 0 Å². The molecule has 0 saturated heterocycles. The molecular weight excluding hydrogens is 357 g/mol. The normalized spacial score (nSPS) is 13.4. The van der Waals surface area contributed by atoms with Gasteiger partial charge < -0.3 is 10.6 Å². The summed E-state index contributed by atoms with van der Waals surface area (Å²) in [4.78, 5) is 12.2. The number of carbonyl (C=O) groups excluding carboxylic acids is 1. The number of nitrogens with two attached hydrogens (primary N) is 1. The van der Waals surface area contributed by atoms with Crippen LogP contribution in [0.2, 0.25) is 10.0 Å². The monoisotopic (exact) mass is 373 g/mol. The van der Waals surface area contributed by atoms with Crippen molar-refractivity contribution in [1.82, 2.24) is 0 Å². The van der Waals surface area contributed by atoms with Crippen molar-refractivity contribution in [3.63, 3.8) is 0 Å². The first kappa shape index (κ1) is 18.6. The van der Waals surface area contributed by atoms with Crippen LogP contribution in [0.15, 0.2) is 36.4 Å². The second-order valence-corrected chi connectivity index (χ2v) is 6.34. The third kappa shape index (κ3) is 4.44. The van der Waals surface area contributed by atoms with Crippen LogP contribution in [0.25, 0.3) is 0 Å². The average Bonchev–Trinajstić information content (AvgIpc) is 2.52. The van der Waals surface area contributed by atoms with E-state index in [-0.39, 0.29) is 22.7 Å². The maximum atomic E-state index is 13.6. The van der Waals surface area contributed by atoms with E-state index < -0.39 is 17.7 Å². The zero-order valence-electron chi connectivity index (χ0n) is 13.1. The van der Waals surface area contributed by atoms with Crippen LogP contribution in [0, 0.1) is 11.6 Å². The van der Waals surface area contributed by atoms with Gasteiger partial charge in [-0.15, -0.1) is 0 Å². The summed E-state index contributed by atoms with van der Waals surface area (Å²) in [6, 6.07) is 7.69. The van der Waals surface area contributed by atoms with Crippen LogP contribution in [-0.2, 0) is 4.79 Å². The number of benzene rings is 2. The van der Waals surface area contributed by atoms with Crippen molar-refractivity contribution in [1.29, 1.82) is 0 Å². The fraction of sp³-hybridized carbons (Fsp3) is 0.235. The lowest BCUT2D eigenvalue weighted by molar-refractivity contribution is -0.709. The number of hydrogen-bond acceptors (Lipinski definition) is 1. The molecule has 0 aliphatic carbocycles. The summed E-state index contributed by atoms with van der Waals surface area (Å²) in [5, 5.41) is 4.51. The lowest BCUT2D eigenvalue weighted by Crippen LogP contribution is -2.91. The Bertz CT molecular complexity index is 755. The lowest BCUT2D eigenvalue weighted by atomic mass is 10.1. The van der Waals surface area contributed by atoms with Crippen LogP contribution in [0.4, 0.5) is 14.5 Å². The predicted octanol–water partition coefficient (Wildman–Crippen LogP) is 3.92. The van der Waals surface area contributed by atoms with E-state index in [4.69, 9.17) is 23.2 Å². The van der Waals surface area contributed by atoms with Gasteiger partial charge in [-0.05, 0) is 38.1 Å². The quantitative estimate of drug-likeness (QED) is 0.766. The Morgan fingerprint density at radius 3 is 2.42 bits per heavy atom. The van der Waals surface area contributed by atoms with Crippen LogP contribution in [-0.4, -0.2) is 11.9 Å². The van der Waals surface area contributed by atoms with Gasteiger partial charge in [0.25, 0.3) is 5.91 Å². The molecule has 3 nitrogen and oxygen atoms in total. The molecule has 24 heavy (non-hydrogen) atoms. The molecule has 2 aromatic carbocycles. The highest BCUT2D eigenvalue weighted by atomic mass is 35.5. The average molecular weight is 374 g/mol. The highest BCUT2D eigenvalue weighted by molar-refractivity contribution is 6.35. The topological polar surface area (TPSA) is 45.7 Å². The number of anilines is 1. The highest BCUT2D eigenvalue weighted by Gasteiger charge is 2.23. The van der Waals surface area contributed by atoms with Crippen molar-refractivity contribution in [2.75, 3.05) is 5.32 Å². The van der Waals surface area contributed by atoms with Crippen LogP contribution in [0.1, 0.15) is 25.5 Å². The predicted molar refractivity (Wildman–Crippen MR) is 91.3 cm³/mol. The van der Waals surface area contributed by atoms with Gasteiger partial charge in [0, 0.05) is 5.56 Å². The van der Waals surface area contributed by atoms with E-state index >= 15 is 0 Å². The fourth-order valence-electron chi connectivity index (χ4n) is 2.32.